The van der Waals surface area contributed by atoms with E-state index in [-0.39, 0.29) is 0 Å². The molecule has 1 aromatic carbocycles. The summed E-state index contributed by atoms with van der Waals surface area (Å²) < 4.78 is 2.91. The predicted octanol–water partition coefficient (Wildman–Crippen LogP) is 4.06. The van der Waals surface area contributed by atoms with Gasteiger partial charge in [0, 0.05) is 7.05 Å². The fourth-order valence-corrected chi connectivity index (χ4v) is 2.59. The number of rotatable bonds is 3. The van der Waals surface area contributed by atoms with E-state index >= 15 is 0 Å². The average molecular weight is 329 g/mol. The zero-order chi connectivity index (χ0) is 13.3. The van der Waals surface area contributed by atoms with E-state index in [0.717, 1.165) is 32.1 Å². The SMILES string of the molecule is Cc1ccc(NCc2c(Br)c(C)nn2C)c(Cl)c1. The number of nitrogens with zero attached hydrogens (tertiary/aromatic N) is 2. The summed E-state index contributed by atoms with van der Waals surface area (Å²) >= 11 is 9.73. The molecule has 0 aliphatic rings. The van der Waals surface area contributed by atoms with Gasteiger partial charge in [0.1, 0.15) is 0 Å². The molecule has 2 aromatic rings. The molecule has 0 saturated heterocycles. The van der Waals surface area contributed by atoms with Crippen LogP contribution in [0.5, 0.6) is 0 Å². The number of anilines is 1. The minimum absolute atomic E-state index is 0.681. The summed E-state index contributed by atoms with van der Waals surface area (Å²) in [4.78, 5) is 0. The monoisotopic (exact) mass is 327 g/mol. The Morgan fingerprint density at radius 1 is 1.39 bits per heavy atom. The van der Waals surface area contributed by atoms with Crippen molar-refractivity contribution in [3.63, 3.8) is 0 Å². The van der Waals surface area contributed by atoms with Gasteiger partial charge in [0.2, 0.25) is 0 Å². The zero-order valence-corrected chi connectivity index (χ0v) is 12.9. The lowest BCUT2D eigenvalue weighted by atomic mass is 10.2. The van der Waals surface area contributed by atoms with Gasteiger partial charge in [0.15, 0.2) is 0 Å². The molecule has 0 spiro atoms. The van der Waals surface area contributed by atoms with Crippen molar-refractivity contribution in [3.8, 4) is 0 Å². The maximum absolute atomic E-state index is 6.18. The van der Waals surface area contributed by atoms with Crippen LogP contribution in [0.15, 0.2) is 22.7 Å². The number of aromatic nitrogens is 2. The lowest BCUT2D eigenvalue weighted by molar-refractivity contribution is 0.712. The maximum atomic E-state index is 6.18. The molecule has 1 aromatic heterocycles. The molecule has 1 heterocycles. The van der Waals surface area contributed by atoms with Gasteiger partial charge in [-0.15, -0.1) is 0 Å². The van der Waals surface area contributed by atoms with Crippen LogP contribution in [-0.4, -0.2) is 9.78 Å². The normalized spacial score (nSPS) is 10.7. The minimum atomic E-state index is 0.681. The first kappa shape index (κ1) is 13.4. The highest BCUT2D eigenvalue weighted by atomic mass is 79.9. The summed E-state index contributed by atoms with van der Waals surface area (Å²) in [5, 5.41) is 8.43. The van der Waals surface area contributed by atoms with Crippen molar-refractivity contribution in [3.05, 3.63) is 44.6 Å². The Bertz CT molecular complexity index is 578. The van der Waals surface area contributed by atoms with Crippen LogP contribution in [0.4, 0.5) is 5.69 Å². The molecule has 96 valence electrons. The fourth-order valence-electron chi connectivity index (χ4n) is 1.81. The van der Waals surface area contributed by atoms with E-state index in [0.29, 0.717) is 6.54 Å². The van der Waals surface area contributed by atoms with Crippen LogP contribution in [0, 0.1) is 13.8 Å². The number of benzene rings is 1. The van der Waals surface area contributed by atoms with E-state index in [1.807, 2.05) is 43.8 Å². The second kappa shape index (κ2) is 5.33. The number of halogens is 2. The summed E-state index contributed by atoms with van der Waals surface area (Å²) in [6.07, 6.45) is 0. The molecule has 3 nitrogen and oxygen atoms in total. The summed E-state index contributed by atoms with van der Waals surface area (Å²) in [5.74, 6) is 0. The molecule has 0 fully saturated rings. The Hall–Kier alpha value is -1.00. The molecule has 0 unspecified atom stereocenters. The Morgan fingerprint density at radius 2 is 2.11 bits per heavy atom. The van der Waals surface area contributed by atoms with Crippen LogP contribution in [0.1, 0.15) is 17.0 Å². The third-order valence-corrected chi connectivity index (χ3v) is 4.18. The Balaban J connectivity index is 2.16. The van der Waals surface area contributed by atoms with Crippen molar-refractivity contribution >= 4 is 33.2 Å². The summed E-state index contributed by atoms with van der Waals surface area (Å²) in [7, 11) is 1.94. The molecule has 2 rings (SSSR count). The molecule has 0 atom stereocenters. The van der Waals surface area contributed by atoms with Crippen molar-refractivity contribution in [2.45, 2.75) is 20.4 Å². The lowest BCUT2D eigenvalue weighted by Crippen LogP contribution is -2.06. The highest BCUT2D eigenvalue weighted by Crippen LogP contribution is 2.25. The average Bonchev–Trinajstić information content (AvgIpc) is 2.53. The van der Waals surface area contributed by atoms with Gasteiger partial charge in [0.05, 0.1) is 33.1 Å². The highest BCUT2D eigenvalue weighted by molar-refractivity contribution is 9.10. The topological polar surface area (TPSA) is 29.9 Å². The van der Waals surface area contributed by atoms with Gasteiger partial charge in [-0.05, 0) is 47.5 Å². The first-order valence-corrected chi connectivity index (χ1v) is 6.84. The van der Waals surface area contributed by atoms with Crippen LogP contribution in [0.2, 0.25) is 5.02 Å². The third-order valence-electron chi connectivity index (χ3n) is 2.83. The molecule has 0 radical (unpaired) electrons. The van der Waals surface area contributed by atoms with Gasteiger partial charge in [0.25, 0.3) is 0 Å². The van der Waals surface area contributed by atoms with Crippen molar-refractivity contribution in [2.24, 2.45) is 7.05 Å². The Morgan fingerprint density at radius 3 is 2.67 bits per heavy atom. The molecule has 0 bridgehead atoms. The molecular weight excluding hydrogens is 314 g/mol. The Labute approximate surface area is 120 Å². The number of aryl methyl sites for hydroxylation is 3. The minimum Gasteiger partial charge on any atom is -0.378 e. The quantitative estimate of drug-likeness (QED) is 0.920. The first-order valence-electron chi connectivity index (χ1n) is 5.67. The van der Waals surface area contributed by atoms with E-state index in [4.69, 9.17) is 11.6 Å². The molecule has 0 aliphatic heterocycles. The maximum Gasteiger partial charge on any atom is 0.0739 e. The Kier molecular flexibility index (Phi) is 3.97. The van der Waals surface area contributed by atoms with Gasteiger partial charge in [-0.1, -0.05) is 17.7 Å². The van der Waals surface area contributed by atoms with Gasteiger partial charge < -0.3 is 5.32 Å². The molecule has 18 heavy (non-hydrogen) atoms. The first-order chi connectivity index (χ1) is 8.49. The van der Waals surface area contributed by atoms with Gasteiger partial charge >= 0.3 is 0 Å². The van der Waals surface area contributed by atoms with Crippen LogP contribution in [0.3, 0.4) is 0 Å². The second-order valence-electron chi connectivity index (χ2n) is 4.31. The largest absolute Gasteiger partial charge is 0.378 e. The van der Waals surface area contributed by atoms with E-state index < -0.39 is 0 Å². The molecular formula is C13H15BrClN3. The van der Waals surface area contributed by atoms with Crippen molar-refractivity contribution in [1.82, 2.24) is 9.78 Å². The number of hydrogen-bond donors (Lipinski definition) is 1. The van der Waals surface area contributed by atoms with Gasteiger partial charge in [-0.2, -0.15) is 5.10 Å². The summed E-state index contributed by atoms with van der Waals surface area (Å²) in [6, 6.07) is 5.99. The van der Waals surface area contributed by atoms with Crippen LogP contribution < -0.4 is 5.32 Å². The molecule has 0 aliphatic carbocycles. The summed E-state index contributed by atoms with van der Waals surface area (Å²) in [6.45, 7) is 4.68. The van der Waals surface area contributed by atoms with Crippen LogP contribution in [0.25, 0.3) is 0 Å². The molecule has 5 heteroatoms. The van der Waals surface area contributed by atoms with Crippen LogP contribution in [-0.2, 0) is 13.6 Å². The number of nitrogens with one attached hydrogen (secondary N) is 1. The predicted molar refractivity (Wildman–Crippen MR) is 79.2 cm³/mol. The molecule has 0 saturated carbocycles. The van der Waals surface area contributed by atoms with E-state index in [1.165, 1.54) is 0 Å². The van der Waals surface area contributed by atoms with E-state index in [9.17, 15) is 0 Å². The lowest BCUT2D eigenvalue weighted by Gasteiger charge is -2.09. The smallest absolute Gasteiger partial charge is 0.0739 e. The summed E-state index contributed by atoms with van der Waals surface area (Å²) in [5.41, 5.74) is 4.18. The zero-order valence-electron chi connectivity index (χ0n) is 10.6. The van der Waals surface area contributed by atoms with Crippen molar-refractivity contribution < 1.29 is 0 Å². The van der Waals surface area contributed by atoms with Crippen molar-refractivity contribution in [1.29, 1.82) is 0 Å². The molecule has 1 N–H and O–H groups in total. The van der Waals surface area contributed by atoms with Gasteiger partial charge in [-0.3, -0.25) is 4.68 Å². The highest BCUT2D eigenvalue weighted by Gasteiger charge is 2.10. The van der Waals surface area contributed by atoms with Gasteiger partial charge in [-0.25, -0.2) is 0 Å². The molecule has 0 amide bonds. The van der Waals surface area contributed by atoms with Crippen molar-refractivity contribution in [2.75, 3.05) is 5.32 Å². The third kappa shape index (κ3) is 2.70. The second-order valence-corrected chi connectivity index (χ2v) is 5.51. The fraction of sp³-hybridized carbons (Fsp3) is 0.308. The number of hydrogen-bond acceptors (Lipinski definition) is 2. The van der Waals surface area contributed by atoms with Crippen LogP contribution >= 0.6 is 27.5 Å². The standard InChI is InChI=1S/C13H15BrClN3/c1-8-4-5-11(10(15)6-8)16-7-12-13(14)9(2)17-18(12)3/h4-6,16H,7H2,1-3H3. The van der Waals surface area contributed by atoms with E-state index in [1.54, 1.807) is 0 Å². The van der Waals surface area contributed by atoms with E-state index in [2.05, 4.69) is 26.3 Å².